The summed E-state index contributed by atoms with van der Waals surface area (Å²) in [6, 6.07) is 10.7. The highest BCUT2D eigenvalue weighted by molar-refractivity contribution is 7.89. The van der Waals surface area contributed by atoms with Crippen LogP contribution in [0, 0.1) is 13.8 Å². The molecule has 0 amide bonds. The Morgan fingerprint density at radius 1 is 0.960 bits per heavy atom. The Labute approximate surface area is 149 Å². The van der Waals surface area contributed by atoms with E-state index in [9.17, 15) is 16.8 Å². The summed E-state index contributed by atoms with van der Waals surface area (Å²) >= 11 is 0. The van der Waals surface area contributed by atoms with Gasteiger partial charge in [0.1, 0.15) is 0 Å². The summed E-state index contributed by atoms with van der Waals surface area (Å²) in [5.74, 6) is 0. The van der Waals surface area contributed by atoms with Gasteiger partial charge in [0.2, 0.25) is 20.0 Å². The van der Waals surface area contributed by atoms with E-state index >= 15 is 0 Å². The molecule has 8 heteroatoms. The first-order valence-corrected chi connectivity index (χ1v) is 10.6. The fourth-order valence-electron chi connectivity index (χ4n) is 2.49. The van der Waals surface area contributed by atoms with Gasteiger partial charge in [-0.05, 0) is 55.7 Å². The number of rotatable bonds is 5. The molecule has 0 aliphatic rings. The van der Waals surface area contributed by atoms with Gasteiger partial charge in [0.05, 0.1) is 9.79 Å². The van der Waals surface area contributed by atoms with Gasteiger partial charge in [-0.2, -0.15) is 4.31 Å². The van der Waals surface area contributed by atoms with E-state index in [1.807, 2.05) is 13.0 Å². The van der Waals surface area contributed by atoms with Gasteiger partial charge < -0.3 is 0 Å². The van der Waals surface area contributed by atoms with Crippen LogP contribution in [0.2, 0.25) is 0 Å². The van der Waals surface area contributed by atoms with Crippen LogP contribution in [0.3, 0.4) is 0 Å². The van der Waals surface area contributed by atoms with Crippen LogP contribution in [0.15, 0.2) is 52.3 Å². The van der Waals surface area contributed by atoms with Crippen molar-refractivity contribution in [1.29, 1.82) is 0 Å². The van der Waals surface area contributed by atoms with Gasteiger partial charge in [0, 0.05) is 13.1 Å². The standard InChI is InChI=1S/C17H22N2O4S2/c1-12-5-6-13(2)17(11-12)25(22,23)19(4)14(3)15-7-9-16(10-8-15)24(18,20)21/h5-11,14H,1-4H3,(H2,18,20,21). The van der Waals surface area contributed by atoms with Gasteiger partial charge in [0.25, 0.3) is 0 Å². The lowest BCUT2D eigenvalue weighted by molar-refractivity contribution is 0.398. The Morgan fingerprint density at radius 3 is 2.04 bits per heavy atom. The molecule has 0 aromatic heterocycles. The van der Waals surface area contributed by atoms with E-state index in [0.717, 1.165) is 5.56 Å². The monoisotopic (exact) mass is 382 g/mol. The van der Waals surface area contributed by atoms with Crippen molar-refractivity contribution in [2.24, 2.45) is 5.14 Å². The molecule has 1 atom stereocenters. The zero-order chi connectivity index (χ0) is 19.0. The van der Waals surface area contributed by atoms with Crippen LogP contribution in [-0.2, 0) is 20.0 Å². The smallest absolute Gasteiger partial charge is 0.225 e. The zero-order valence-corrected chi connectivity index (χ0v) is 16.2. The second-order valence-corrected chi connectivity index (χ2v) is 9.61. The second kappa shape index (κ2) is 6.87. The molecule has 136 valence electrons. The molecule has 2 aromatic carbocycles. The molecule has 1 unspecified atom stereocenters. The number of sulfonamides is 2. The molecule has 0 spiro atoms. The van der Waals surface area contributed by atoms with Gasteiger partial charge in [-0.1, -0.05) is 24.3 Å². The topological polar surface area (TPSA) is 97.5 Å². The Morgan fingerprint density at radius 2 is 1.52 bits per heavy atom. The summed E-state index contributed by atoms with van der Waals surface area (Å²) in [5, 5.41) is 5.08. The third kappa shape index (κ3) is 4.09. The minimum Gasteiger partial charge on any atom is -0.225 e. The highest BCUT2D eigenvalue weighted by atomic mass is 32.2. The molecule has 2 rings (SSSR count). The van der Waals surface area contributed by atoms with Crippen LogP contribution >= 0.6 is 0 Å². The molecule has 6 nitrogen and oxygen atoms in total. The van der Waals surface area contributed by atoms with Crippen molar-refractivity contribution in [3.63, 3.8) is 0 Å². The summed E-state index contributed by atoms with van der Waals surface area (Å²) in [7, 11) is -5.96. The average molecular weight is 383 g/mol. The van der Waals surface area contributed by atoms with Crippen molar-refractivity contribution in [2.45, 2.75) is 36.6 Å². The quantitative estimate of drug-likeness (QED) is 0.858. The molecule has 0 saturated heterocycles. The van der Waals surface area contributed by atoms with Crippen LogP contribution in [0.4, 0.5) is 0 Å². The molecule has 0 saturated carbocycles. The van der Waals surface area contributed by atoms with Gasteiger partial charge in [-0.25, -0.2) is 22.0 Å². The normalized spacial score (nSPS) is 13.8. The molecule has 0 bridgehead atoms. The summed E-state index contributed by atoms with van der Waals surface area (Å²) in [6.07, 6.45) is 0. The molecule has 0 aliphatic carbocycles. The van der Waals surface area contributed by atoms with E-state index in [2.05, 4.69) is 0 Å². The van der Waals surface area contributed by atoms with Gasteiger partial charge in [0.15, 0.2) is 0 Å². The van der Waals surface area contributed by atoms with Gasteiger partial charge in [-0.3, -0.25) is 0 Å². The second-order valence-electron chi connectivity index (χ2n) is 6.08. The van der Waals surface area contributed by atoms with Crippen LogP contribution in [0.1, 0.15) is 29.7 Å². The van der Waals surface area contributed by atoms with E-state index in [4.69, 9.17) is 5.14 Å². The molecule has 0 radical (unpaired) electrons. The number of nitrogens with zero attached hydrogens (tertiary/aromatic N) is 1. The number of nitrogens with two attached hydrogens (primary N) is 1. The number of benzene rings is 2. The first-order valence-electron chi connectivity index (χ1n) is 7.62. The van der Waals surface area contributed by atoms with Crippen molar-refractivity contribution < 1.29 is 16.8 Å². The largest absolute Gasteiger partial charge is 0.243 e. The lowest BCUT2D eigenvalue weighted by Gasteiger charge is -2.25. The minimum absolute atomic E-state index is 0.0107. The van der Waals surface area contributed by atoms with Crippen molar-refractivity contribution in [3.8, 4) is 0 Å². The first kappa shape index (κ1) is 19.6. The molecule has 25 heavy (non-hydrogen) atoms. The van der Waals surface area contributed by atoms with E-state index in [1.54, 1.807) is 38.1 Å². The lowest BCUT2D eigenvalue weighted by atomic mass is 10.1. The summed E-state index contributed by atoms with van der Waals surface area (Å²) in [5.41, 5.74) is 2.21. The zero-order valence-electron chi connectivity index (χ0n) is 14.6. The summed E-state index contributed by atoms with van der Waals surface area (Å²) in [6.45, 7) is 5.34. The molecular weight excluding hydrogens is 360 g/mol. The van der Waals surface area contributed by atoms with Gasteiger partial charge >= 0.3 is 0 Å². The molecule has 0 heterocycles. The summed E-state index contributed by atoms with van der Waals surface area (Å²) in [4.78, 5) is 0.256. The van der Waals surface area contributed by atoms with Crippen molar-refractivity contribution in [2.75, 3.05) is 7.05 Å². The maximum Gasteiger partial charge on any atom is 0.243 e. The van der Waals surface area contributed by atoms with Gasteiger partial charge in [-0.15, -0.1) is 0 Å². The van der Waals surface area contributed by atoms with Crippen molar-refractivity contribution in [3.05, 3.63) is 59.2 Å². The van der Waals surface area contributed by atoms with Crippen molar-refractivity contribution >= 4 is 20.0 Å². The third-order valence-corrected chi connectivity index (χ3v) is 7.24. The Bertz CT molecular complexity index is 982. The summed E-state index contributed by atoms with van der Waals surface area (Å²) < 4.78 is 49.9. The fourth-order valence-corrected chi connectivity index (χ4v) is 4.67. The van der Waals surface area contributed by atoms with Crippen LogP contribution < -0.4 is 5.14 Å². The Kier molecular flexibility index (Phi) is 5.38. The van der Waals surface area contributed by atoms with Crippen LogP contribution in [0.5, 0.6) is 0 Å². The molecule has 0 fully saturated rings. The predicted molar refractivity (Wildman–Crippen MR) is 97.1 cm³/mol. The number of aryl methyl sites for hydroxylation is 2. The number of hydrogen-bond donors (Lipinski definition) is 1. The highest BCUT2D eigenvalue weighted by Gasteiger charge is 2.28. The highest BCUT2D eigenvalue weighted by Crippen LogP contribution is 2.28. The van der Waals surface area contributed by atoms with E-state index in [-0.39, 0.29) is 9.79 Å². The minimum atomic E-state index is -3.78. The van der Waals surface area contributed by atoms with E-state index in [0.29, 0.717) is 11.1 Å². The molecule has 2 aromatic rings. The fraction of sp³-hybridized carbons (Fsp3) is 0.294. The maximum absolute atomic E-state index is 13.0. The molecule has 2 N–H and O–H groups in total. The first-order chi connectivity index (χ1) is 11.4. The van der Waals surface area contributed by atoms with Crippen molar-refractivity contribution in [1.82, 2.24) is 4.31 Å². The maximum atomic E-state index is 13.0. The average Bonchev–Trinajstić information content (AvgIpc) is 2.54. The number of primary sulfonamides is 1. The molecular formula is C17H22N2O4S2. The lowest BCUT2D eigenvalue weighted by Crippen LogP contribution is -2.30. The van der Waals surface area contributed by atoms with Crippen LogP contribution in [-0.4, -0.2) is 28.2 Å². The Hall–Kier alpha value is -1.74. The van der Waals surface area contributed by atoms with E-state index < -0.39 is 26.1 Å². The van der Waals surface area contributed by atoms with E-state index in [1.165, 1.54) is 23.5 Å². The Balaban J connectivity index is 2.38. The predicted octanol–water partition coefficient (Wildman–Crippen LogP) is 2.33. The SMILES string of the molecule is Cc1ccc(C)c(S(=O)(=O)N(C)C(C)c2ccc(S(N)(=O)=O)cc2)c1. The number of hydrogen-bond acceptors (Lipinski definition) is 4. The third-order valence-electron chi connectivity index (χ3n) is 4.24. The van der Waals surface area contributed by atoms with Crippen LogP contribution in [0.25, 0.3) is 0 Å². The molecule has 0 aliphatic heterocycles.